The minimum atomic E-state index is -0.764. The maximum absolute atomic E-state index is 12.2. The van der Waals surface area contributed by atoms with Crippen LogP contribution in [-0.4, -0.2) is 23.2 Å². The molecular formula is C13H7BrClN3O4S2. The molecule has 0 fully saturated rings. The molecule has 0 aliphatic heterocycles. The fourth-order valence-electron chi connectivity index (χ4n) is 1.73. The molecule has 0 unspecified atom stereocenters. The highest BCUT2D eigenvalue weighted by Gasteiger charge is 2.18. The van der Waals surface area contributed by atoms with Crippen molar-refractivity contribution < 1.29 is 13.9 Å². The van der Waals surface area contributed by atoms with E-state index >= 15 is 0 Å². The Balaban J connectivity index is 1.82. The summed E-state index contributed by atoms with van der Waals surface area (Å²) >= 11 is 11.7. The Bertz CT molecular complexity index is 968. The van der Waals surface area contributed by atoms with E-state index < -0.39 is 11.5 Å². The number of amides is 1. The maximum Gasteiger partial charge on any atom is 0.380 e. The lowest BCUT2D eigenvalue weighted by Crippen LogP contribution is -2.15. The summed E-state index contributed by atoms with van der Waals surface area (Å²) < 4.78 is 10.7. The van der Waals surface area contributed by atoms with E-state index in [0.717, 1.165) is 16.9 Å². The monoisotopic (exact) mass is 447 g/mol. The van der Waals surface area contributed by atoms with Crippen molar-refractivity contribution in [2.45, 2.75) is 0 Å². The van der Waals surface area contributed by atoms with Gasteiger partial charge in [0, 0.05) is 11.6 Å². The number of hydrogen-bond donors (Lipinski definition) is 1. The first kappa shape index (κ1) is 17.1. The van der Waals surface area contributed by atoms with Crippen molar-refractivity contribution in [2.24, 2.45) is 0 Å². The molecule has 0 radical (unpaired) electrons. The Kier molecular flexibility index (Phi) is 4.99. The van der Waals surface area contributed by atoms with Gasteiger partial charge in [0.15, 0.2) is 10.8 Å². The van der Waals surface area contributed by atoms with Gasteiger partial charge in [-0.25, -0.2) is 4.79 Å². The lowest BCUT2D eigenvalue weighted by Gasteiger charge is -2.03. The smallest absolute Gasteiger partial charge is 0.380 e. The van der Waals surface area contributed by atoms with Crippen LogP contribution in [0.4, 0.5) is 5.13 Å². The molecule has 3 aromatic heterocycles. The molecule has 0 aliphatic carbocycles. The third-order valence-corrected chi connectivity index (χ3v) is 5.42. The van der Waals surface area contributed by atoms with E-state index in [9.17, 15) is 9.59 Å². The highest BCUT2D eigenvalue weighted by Crippen LogP contribution is 2.35. The number of ether oxygens (including phenoxy) is 1. The van der Waals surface area contributed by atoms with Crippen LogP contribution in [-0.2, 0) is 0 Å². The quantitative estimate of drug-likeness (QED) is 0.650. The van der Waals surface area contributed by atoms with Crippen LogP contribution in [0.3, 0.4) is 0 Å². The molecule has 0 saturated heterocycles. The third-order valence-electron chi connectivity index (χ3n) is 2.78. The second kappa shape index (κ2) is 7.01. The van der Waals surface area contributed by atoms with Gasteiger partial charge in [-0.3, -0.25) is 10.1 Å². The van der Waals surface area contributed by atoms with Crippen molar-refractivity contribution >= 4 is 61.2 Å². The predicted octanol–water partition coefficient (Wildman–Crippen LogP) is 3.90. The number of thiophene rings is 1. The van der Waals surface area contributed by atoms with E-state index in [1.807, 2.05) is 11.4 Å². The SMILES string of the molecule is COc1c(Br)cc(C(=O)Nc2nnc(-c3ccsc3Cl)s2)oc1=O. The second-order valence-electron chi connectivity index (χ2n) is 4.25. The normalized spacial score (nSPS) is 10.6. The van der Waals surface area contributed by atoms with E-state index in [2.05, 4.69) is 31.4 Å². The van der Waals surface area contributed by atoms with Crippen molar-refractivity contribution in [3.8, 4) is 16.3 Å². The number of carbonyl (C=O) groups is 1. The first-order valence-corrected chi connectivity index (χ1v) is 9.12. The van der Waals surface area contributed by atoms with E-state index in [1.165, 1.54) is 24.5 Å². The Morgan fingerprint density at radius 3 is 2.88 bits per heavy atom. The van der Waals surface area contributed by atoms with Crippen LogP contribution in [0.15, 0.2) is 31.2 Å². The highest BCUT2D eigenvalue weighted by molar-refractivity contribution is 9.10. The number of halogens is 2. The van der Waals surface area contributed by atoms with Gasteiger partial charge in [0.2, 0.25) is 10.9 Å². The highest BCUT2D eigenvalue weighted by atomic mass is 79.9. The number of aromatic nitrogens is 2. The minimum Gasteiger partial charge on any atom is -0.489 e. The molecule has 11 heteroatoms. The van der Waals surface area contributed by atoms with Crippen molar-refractivity contribution in [3.63, 3.8) is 0 Å². The Hall–Kier alpha value is -1.75. The lowest BCUT2D eigenvalue weighted by atomic mass is 10.3. The molecule has 3 heterocycles. The van der Waals surface area contributed by atoms with Crippen LogP contribution in [0.1, 0.15) is 10.6 Å². The van der Waals surface area contributed by atoms with Crippen molar-refractivity contribution in [2.75, 3.05) is 12.4 Å². The average Bonchev–Trinajstić information content (AvgIpc) is 3.15. The summed E-state index contributed by atoms with van der Waals surface area (Å²) in [6.07, 6.45) is 0. The van der Waals surface area contributed by atoms with Gasteiger partial charge in [-0.1, -0.05) is 22.9 Å². The zero-order chi connectivity index (χ0) is 17.3. The largest absolute Gasteiger partial charge is 0.489 e. The topological polar surface area (TPSA) is 94.3 Å². The first-order chi connectivity index (χ1) is 11.5. The number of anilines is 1. The zero-order valence-electron chi connectivity index (χ0n) is 11.8. The summed E-state index contributed by atoms with van der Waals surface area (Å²) in [6, 6.07) is 3.16. The summed E-state index contributed by atoms with van der Waals surface area (Å²) in [7, 11) is 1.33. The van der Waals surface area contributed by atoms with Gasteiger partial charge in [-0.2, -0.15) is 0 Å². The number of nitrogens with one attached hydrogen (secondary N) is 1. The minimum absolute atomic E-state index is 0.0168. The van der Waals surface area contributed by atoms with Crippen LogP contribution < -0.4 is 15.7 Å². The fourth-order valence-corrected chi connectivity index (χ4v) is 4.08. The van der Waals surface area contributed by atoms with Crippen LogP contribution in [0.25, 0.3) is 10.6 Å². The predicted molar refractivity (Wildman–Crippen MR) is 95.4 cm³/mol. The van der Waals surface area contributed by atoms with Crippen LogP contribution in [0.2, 0.25) is 4.34 Å². The number of hydrogen-bond acceptors (Lipinski definition) is 8. The van der Waals surface area contributed by atoms with Crippen molar-refractivity contribution in [1.29, 1.82) is 0 Å². The number of nitrogens with zero attached hydrogens (tertiary/aromatic N) is 2. The molecule has 0 aliphatic rings. The molecule has 0 saturated carbocycles. The maximum atomic E-state index is 12.2. The van der Waals surface area contributed by atoms with Gasteiger partial charge in [-0.05, 0) is 27.4 Å². The van der Waals surface area contributed by atoms with Crippen LogP contribution >= 0.6 is 50.2 Å². The first-order valence-electron chi connectivity index (χ1n) is 6.25. The van der Waals surface area contributed by atoms with E-state index in [0.29, 0.717) is 13.8 Å². The van der Waals surface area contributed by atoms with E-state index in [-0.39, 0.29) is 16.6 Å². The molecule has 0 atom stereocenters. The molecule has 24 heavy (non-hydrogen) atoms. The molecule has 3 aromatic rings. The van der Waals surface area contributed by atoms with E-state index in [4.69, 9.17) is 20.8 Å². The second-order valence-corrected chi connectivity index (χ2v) is 7.60. The molecule has 7 nitrogen and oxygen atoms in total. The number of methoxy groups -OCH3 is 1. The molecule has 0 spiro atoms. The number of rotatable bonds is 4. The Labute approximate surface area is 156 Å². The number of carbonyl (C=O) groups excluding carboxylic acids is 1. The summed E-state index contributed by atoms with van der Waals surface area (Å²) in [6.45, 7) is 0. The standard InChI is InChI=1S/C13H7BrClN3O4S2/c1-21-8-6(14)4-7(22-12(8)20)10(19)16-13-18-17-11(24-13)5-2-3-23-9(5)15/h2-4H,1H3,(H,16,18,19). The molecule has 3 rings (SSSR count). The molecule has 0 bridgehead atoms. The van der Waals surface area contributed by atoms with Gasteiger partial charge in [0.1, 0.15) is 4.34 Å². The van der Waals surface area contributed by atoms with Gasteiger partial charge in [-0.15, -0.1) is 21.5 Å². The zero-order valence-corrected chi connectivity index (χ0v) is 15.8. The third kappa shape index (κ3) is 3.36. The molecule has 1 amide bonds. The van der Waals surface area contributed by atoms with Crippen LogP contribution in [0.5, 0.6) is 5.75 Å². The molecule has 1 N–H and O–H groups in total. The summed E-state index contributed by atoms with van der Waals surface area (Å²) in [5, 5.41) is 13.1. The van der Waals surface area contributed by atoms with Gasteiger partial charge in [0.25, 0.3) is 5.91 Å². The molecule has 124 valence electrons. The lowest BCUT2D eigenvalue weighted by molar-refractivity contribution is 0.0991. The van der Waals surface area contributed by atoms with Gasteiger partial charge < -0.3 is 9.15 Å². The molecule has 0 aromatic carbocycles. The summed E-state index contributed by atoms with van der Waals surface area (Å²) in [5.74, 6) is -0.829. The Morgan fingerprint density at radius 1 is 1.46 bits per heavy atom. The summed E-state index contributed by atoms with van der Waals surface area (Å²) in [4.78, 5) is 23.9. The van der Waals surface area contributed by atoms with Gasteiger partial charge in [0.05, 0.1) is 11.6 Å². The van der Waals surface area contributed by atoms with Crippen LogP contribution in [0, 0.1) is 0 Å². The van der Waals surface area contributed by atoms with Crippen molar-refractivity contribution in [1.82, 2.24) is 10.2 Å². The average molecular weight is 449 g/mol. The Morgan fingerprint density at radius 2 is 2.25 bits per heavy atom. The van der Waals surface area contributed by atoms with Gasteiger partial charge >= 0.3 is 5.63 Å². The van der Waals surface area contributed by atoms with Crippen molar-refractivity contribution in [3.05, 3.63) is 42.5 Å². The fraction of sp³-hybridized carbons (Fsp3) is 0.0769. The summed E-state index contributed by atoms with van der Waals surface area (Å²) in [5.41, 5.74) is -0.0153. The molecular weight excluding hydrogens is 442 g/mol. The van der Waals surface area contributed by atoms with E-state index in [1.54, 1.807) is 0 Å².